The second-order valence-electron chi connectivity index (χ2n) is 4.51. The molecule has 8 nitrogen and oxygen atoms in total. The molecule has 1 aromatic heterocycles. The number of pyridine rings is 1. The van der Waals surface area contributed by atoms with Crippen LogP contribution in [0, 0.1) is 16.0 Å². The summed E-state index contributed by atoms with van der Waals surface area (Å²) in [4.78, 5) is 27.1. The van der Waals surface area contributed by atoms with Gasteiger partial charge in [0.05, 0.1) is 10.7 Å². The normalized spacial score (nSPS) is 19.0. The Morgan fingerprint density at radius 3 is 2.71 bits per heavy atom. The lowest BCUT2D eigenvalue weighted by molar-refractivity contribution is -0.384. The molecule has 2 heterocycles. The summed E-state index contributed by atoms with van der Waals surface area (Å²) in [5.74, 6) is -1.57. The Morgan fingerprint density at radius 1 is 1.48 bits per heavy atom. The number of anilines is 1. The van der Waals surface area contributed by atoms with Gasteiger partial charge in [0.15, 0.2) is 0 Å². The van der Waals surface area contributed by atoms with Crippen molar-refractivity contribution in [2.75, 3.05) is 17.2 Å². The predicted molar refractivity (Wildman–Crippen MR) is 76.0 cm³/mol. The van der Waals surface area contributed by atoms with Crippen LogP contribution in [0.4, 0.5) is 11.5 Å². The lowest BCUT2D eigenvalue weighted by Gasteiger charge is -2.15. The van der Waals surface area contributed by atoms with Crippen LogP contribution in [0.3, 0.4) is 0 Å². The number of amides is 1. The van der Waals surface area contributed by atoms with Crippen LogP contribution in [0.25, 0.3) is 0 Å². The van der Waals surface area contributed by atoms with Crippen LogP contribution in [-0.2, 0) is 13.8 Å². The summed E-state index contributed by atoms with van der Waals surface area (Å²) in [6.07, 6.45) is -0.0721. The fraction of sp³-hybridized carbons (Fsp3) is 0.400. The molecule has 2 rings (SSSR count). The van der Waals surface area contributed by atoms with E-state index in [0.717, 1.165) is 11.0 Å². The minimum Gasteiger partial charge on any atom is -0.291 e. The average molecular weight is 354 g/mol. The molecule has 1 aromatic rings. The number of nitrogens with zero attached hydrogens (tertiary/aromatic N) is 3. The Labute approximate surface area is 129 Å². The Hall–Kier alpha value is -1.45. The van der Waals surface area contributed by atoms with Crippen LogP contribution in [0.2, 0.25) is 5.15 Å². The first-order chi connectivity index (χ1) is 9.67. The minimum atomic E-state index is -3.76. The Morgan fingerprint density at radius 2 is 2.14 bits per heavy atom. The van der Waals surface area contributed by atoms with E-state index in [4.69, 9.17) is 22.3 Å². The summed E-state index contributed by atoms with van der Waals surface area (Å²) < 4.78 is 22.1. The predicted octanol–water partition coefficient (Wildman–Crippen LogP) is 1.56. The summed E-state index contributed by atoms with van der Waals surface area (Å²) in [7, 11) is 1.40. The van der Waals surface area contributed by atoms with E-state index in [1.165, 1.54) is 6.07 Å². The Balaban J connectivity index is 2.33. The van der Waals surface area contributed by atoms with Gasteiger partial charge in [0.2, 0.25) is 20.8 Å². The van der Waals surface area contributed by atoms with Gasteiger partial charge in [-0.05, 0) is 6.07 Å². The van der Waals surface area contributed by atoms with Crippen molar-refractivity contribution in [3.05, 3.63) is 27.4 Å². The lowest BCUT2D eigenvalue weighted by Crippen LogP contribution is -2.27. The fourth-order valence-corrected chi connectivity index (χ4v) is 3.60. The zero-order valence-electron chi connectivity index (χ0n) is 10.4. The summed E-state index contributed by atoms with van der Waals surface area (Å²) in [5, 5.41) is 11.0. The van der Waals surface area contributed by atoms with Crippen LogP contribution in [0.15, 0.2) is 12.1 Å². The monoisotopic (exact) mass is 353 g/mol. The lowest BCUT2D eigenvalue weighted by atomic mass is 10.1. The van der Waals surface area contributed by atoms with Gasteiger partial charge in [-0.3, -0.25) is 19.8 Å². The first-order valence-electron chi connectivity index (χ1n) is 5.71. The van der Waals surface area contributed by atoms with E-state index < -0.39 is 25.8 Å². The molecule has 0 bridgehead atoms. The topological polar surface area (TPSA) is 110 Å². The number of nitro groups is 1. The van der Waals surface area contributed by atoms with Crippen LogP contribution < -0.4 is 4.90 Å². The molecule has 1 amide bonds. The molecule has 1 saturated heterocycles. The molecular weight excluding hydrogens is 345 g/mol. The van der Waals surface area contributed by atoms with Gasteiger partial charge in [-0.1, -0.05) is 11.6 Å². The van der Waals surface area contributed by atoms with Crippen molar-refractivity contribution < 1.29 is 18.1 Å². The Bertz CT molecular complexity index is 709. The van der Waals surface area contributed by atoms with Gasteiger partial charge in [-0.2, -0.15) is 0 Å². The molecule has 1 unspecified atom stereocenters. The van der Waals surface area contributed by atoms with Crippen molar-refractivity contribution >= 4 is 48.7 Å². The molecule has 0 aliphatic carbocycles. The molecule has 1 aliphatic rings. The first-order valence-corrected chi connectivity index (χ1v) is 8.56. The smallest absolute Gasteiger partial charge is 0.291 e. The van der Waals surface area contributed by atoms with Crippen molar-refractivity contribution in [2.45, 2.75) is 6.42 Å². The molecule has 21 heavy (non-hydrogen) atoms. The summed E-state index contributed by atoms with van der Waals surface area (Å²) >= 11 is 5.70. The molecule has 0 aromatic carbocycles. The third-order valence-electron chi connectivity index (χ3n) is 2.91. The quantitative estimate of drug-likeness (QED) is 0.351. The van der Waals surface area contributed by atoms with Crippen LogP contribution in [-0.4, -0.2) is 36.5 Å². The van der Waals surface area contributed by atoms with Crippen LogP contribution >= 0.6 is 22.3 Å². The summed E-state index contributed by atoms with van der Waals surface area (Å²) in [6.45, 7) is -0.0149. The summed E-state index contributed by atoms with van der Waals surface area (Å²) in [5.41, 5.74) is -0.373. The maximum Gasteiger partial charge on any atom is 0.312 e. The highest BCUT2D eigenvalue weighted by molar-refractivity contribution is 8.13. The number of carbonyl (C=O) groups excluding carboxylic acids is 1. The molecule has 114 valence electrons. The molecule has 0 N–H and O–H groups in total. The van der Waals surface area contributed by atoms with E-state index >= 15 is 0 Å². The van der Waals surface area contributed by atoms with Gasteiger partial charge >= 0.3 is 5.69 Å². The molecule has 0 radical (unpaired) electrons. The SMILES string of the molecule is O=C1CC(CS(=O)(=O)Cl)CN1c1nc(Cl)ccc1[N+](=O)[O-]. The maximum atomic E-state index is 11.9. The van der Waals surface area contributed by atoms with Crippen molar-refractivity contribution in [2.24, 2.45) is 5.92 Å². The molecule has 11 heteroatoms. The highest BCUT2D eigenvalue weighted by Gasteiger charge is 2.37. The van der Waals surface area contributed by atoms with E-state index in [1.807, 2.05) is 0 Å². The highest BCUT2D eigenvalue weighted by Crippen LogP contribution is 2.32. The number of carbonyl (C=O) groups is 1. The van der Waals surface area contributed by atoms with Gasteiger partial charge < -0.3 is 0 Å². The average Bonchev–Trinajstić information content (AvgIpc) is 2.66. The molecule has 1 aliphatic heterocycles. The van der Waals surface area contributed by atoms with Crippen molar-refractivity contribution in [1.82, 2.24) is 4.98 Å². The first kappa shape index (κ1) is 15.9. The van der Waals surface area contributed by atoms with Crippen molar-refractivity contribution in [3.8, 4) is 0 Å². The van der Waals surface area contributed by atoms with E-state index in [2.05, 4.69) is 4.98 Å². The molecule has 1 atom stereocenters. The van der Waals surface area contributed by atoms with E-state index in [0.29, 0.717) is 0 Å². The highest BCUT2D eigenvalue weighted by atomic mass is 35.7. The second kappa shape index (κ2) is 5.74. The standard InChI is InChI=1S/C10H9Cl2N3O5S/c11-8-2-1-7(15(17)18)10(13-8)14-4-6(3-9(14)16)5-21(12,19)20/h1-2,6H,3-5H2. The van der Waals surface area contributed by atoms with E-state index in [9.17, 15) is 23.3 Å². The van der Waals surface area contributed by atoms with E-state index in [1.54, 1.807) is 0 Å². The van der Waals surface area contributed by atoms with E-state index in [-0.39, 0.29) is 35.4 Å². The van der Waals surface area contributed by atoms with Gasteiger partial charge in [0.1, 0.15) is 5.15 Å². The number of aromatic nitrogens is 1. The largest absolute Gasteiger partial charge is 0.312 e. The number of halogens is 2. The fourth-order valence-electron chi connectivity index (χ4n) is 2.14. The number of rotatable bonds is 4. The third kappa shape index (κ3) is 3.80. The second-order valence-corrected chi connectivity index (χ2v) is 7.72. The Kier molecular flexibility index (Phi) is 4.35. The summed E-state index contributed by atoms with van der Waals surface area (Å²) in [6, 6.07) is 2.38. The van der Waals surface area contributed by atoms with Gasteiger partial charge in [0, 0.05) is 35.6 Å². The number of hydrogen-bond donors (Lipinski definition) is 0. The molecule has 0 saturated carbocycles. The maximum absolute atomic E-state index is 11.9. The van der Waals surface area contributed by atoms with Crippen molar-refractivity contribution in [3.63, 3.8) is 0 Å². The molecule has 0 spiro atoms. The molecular formula is C10H9Cl2N3O5S. The zero-order chi connectivity index (χ0) is 15.8. The van der Waals surface area contributed by atoms with Gasteiger partial charge in [-0.15, -0.1) is 0 Å². The van der Waals surface area contributed by atoms with Gasteiger partial charge in [-0.25, -0.2) is 13.4 Å². The molecule has 1 fully saturated rings. The van der Waals surface area contributed by atoms with Crippen molar-refractivity contribution in [1.29, 1.82) is 0 Å². The van der Waals surface area contributed by atoms with Gasteiger partial charge in [0.25, 0.3) is 0 Å². The zero-order valence-corrected chi connectivity index (χ0v) is 12.7. The van der Waals surface area contributed by atoms with Crippen LogP contribution in [0.1, 0.15) is 6.42 Å². The number of hydrogen-bond acceptors (Lipinski definition) is 6. The minimum absolute atomic E-state index is 0.00295. The third-order valence-corrected chi connectivity index (χ3v) is 4.37. The van der Waals surface area contributed by atoms with Crippen LogP contribution in [0.5, 0.6) is 0 Å².